The van der Waals surface area contributed by atoms with Crippen LogP contribution in [0.5, 0.6) is 0 Å². The number of aliphatic hydroxyl groups is 1. The van der Waals surface area contributed by atoms with Crippen molar-refractivity contribution in [1.82, 2.24) is 4.72 Å². The predicted molar refractivity (Wildman–Crippen MR) is 67.1 cm³/mol. The van der Waals surface area contributed by atoms with Crippen LogP contribution in [0.25, 0.3) is 0 Å². The average molecular weight is 261 g/mol. The summed E-state index contributed by atoms with van der Waals surface area (Å²) in [6.07, 6.45) is 7.11. The van der Waals surface area contributed by atoms with Gasteiger partial charge in [-0.15, -0.1) is 0 Å². The Morgan fingerprint density at radius 2 is 1.76 bits per heavy atom. The largest absolute Gasteiger partial charge is 0.393 e. The van der Waals surface area contributed by atoms with Crippen molar-refractivity contribution in [2.45, 2.75) is 62.7 Å². The highest BCUT2D eigenvalue weighted by atomic mass is 32.2. The van der Waals surface area contributed by atoms with Crippen LogP contribution in [0.15, 0.2) is 0 Å². The first kappa shape index (κ1) is 13.3. The zero-order valence-electron chi connectivity index (χ0n) is 10.3. The van der Waals surface area contributed by atoms with Gasteiger partial charge in [0.25, 0.3) is 0 Å². The molecule has 0 aliphatic heterocycles. The molecule has 2 aliphatic rings. The Bertz CT molecular complexity index is 336. The summed E-state index contributed by atoms with van der Waals surface area (Å²) in [7, 11) is -3.11. The molecule has 0 saturated heterocycles. The zero-order chi connectivity index (χ0) is 12.3. The van der Waals surface area contributed by atoms with E-state index >= 15 is 0 Å². The quantitative estimate of drug-likeness (QED) is 0.804. The minimum absolute atomic E-state index is 0.170. The van der Waals surface area contributed by atoms with E-state index < -0.39 is 10.0 Å². The summed E-state index contributed by atoms with van der Waals surface area (Å²) in [5.74, 6) is 0.315. The second kappa shape index (κ2) is 5.67. The van der Waals surface area contributed by atoms with E-state index in [9.17, 15) is 13.5 Å². The van der Waals surface area contributed by atoms with Gasteiger partial charge in [-0.2, -0.15) is 0 Å². The molecule has 0 heterocycles. The highest BCUT2D eigenvalue weighted by molar-refractivity contribution is 7.90. The van der Waals surface area contributed by atoms with Gasteiger partial charge in [0.15, 0.2) is 0 Å². The van der Waals surface area contributed by atoms with Crippen molar-refractivity contribution in [3.63, 3.8) is 0 Å². The fraction of sp³-hybridized carbons (Fsp3) is 1.00. The van der Waals surface area contributed by atoms with Gasteiger partial charge in [-0.05, 0) is 38.0 Å². The molecule has 17 heavy (non-hydrogen) atoms. The molecule has 2 rings (SSSR count). The Morgan fingerprint density at radius 3 is 2.41 bits per heavy atom. The highest BCUT2D eigenvalue weighted by Crippen LogP contribution is 2.26. The van der Waals surface area contributed by atoms with E-state index in [1.807, 2.05) is 0 Å². The van der Waals surface area contributed by atoms with Crippen molar-refractivity contribution in [2.75, 3.05) is 6.54 Å². The molecule has 2 unspecified atom stereocenters. The average Bonchev–Trinajstić information content (AvgIpc) is 2.81. The molecule has 2 atom stereocenters. The fourth-order valence-corrected chi connectivity index (χ4v) is 4.66. The molecule has 0 amide bonds. The molecule has 4 nitrogen and oxygen atoms in total. The lowest BCUT2D eigenvalue weighted by Crippen LogP contribution is -2.37. The van der Waals surface area contributed by atoms with E-state index in [0.717, 1.165) is 51.4 Å². The van der Waals surface area contributed by atoms with Crippen LogP contribution < -0.4 is 4.72 Å². The van der Waals surface area contributed by atoms with Gasteiger partial charge in [-0.3, -0.25) is 0 Å². The lowest BCUT2D eigenvalue weighted by Gasteiger charge is -2.26. The zero-order valence-corrected chi connectivity index (χ0v) is 11.1. The second-order valence-corrected chi connectivity index (χ2v) is 7.53. The maximum absolute atomic E-state index is 12.0. The van der Waals surface area contributed by atoms with Crippen molar-refractivity contribution in [1.29, 1.82) is 0 Å². The summed E-state index contributed by atoms with van der Waals surface area (Å²) in [6, 6.07) is 0. The Hall–Kier alpha value is -0.130. The van der Waals surface area contributed by atoms with E-state index in [1.165, 1.54) is 0 Å². The third-order valence-corrected chi connectivity index (χ3v) is 5.99. The topological polar surface area (TPSA) is 66.4 Å². The van der Waals surface area contributed by atoms with E-state index in [1.54, 1.807) is 0 Å². The number of rotatable bonds is 4. The first-order valence-electron chi connectivity index (χ1n) is 6.74. The summed E-state index contributed by atoms with van der Waals surface area (Å²) in [6.45, 7) is 0.510. The van der Waals surface area contributed by atoms with E-state index in [0.29, 0.717) is 12.5 Å². The summed E-state index contributed by atoms with van der Waals surface area (Å²) >= 11 is 0. The number of aliphatic hydroxyl groups excluding tert-OH is 1. The van der Waals surface area contributed by atoms with E-state index in [2.05, 4.69) is 4.72 Å². The third-order valence-electron chi connectivity index (χ3n) is 4.07. The number of sulfonamides is 1. The van der Waals surface area contributed by atoms with Crippen LogP contribution in [0.2, 0.25) is 0 Å². The Kier molecular flexibility index (Phi) is 4.44. The van der Waals surface area contributed by atoms with Crippen LogP contribution in [-0.2, 0) is 10.0 Å². The van der Waals surface area contributed by atoms with Gasteiger partial charge in [0, 0.05) is 6.54 Å². The molecular formula is C12H23NO3S. The van der Waals surface area contributed by atoms with Gasteiger partial charge in [-0.1, -0.05) is 19.3 Å². The van der Waals surface area contributed by atoms with Gasteiger partial charge in [0.1, 0.15) is 0 Å². The van der Waals surface area contributed by atoms with Crippen molar-refractivity contribution < 1.29 is 13.5 Å². The summed E-state index contributed by atoms with van der Waals surface area (Å²) < 4.78 is 26.7. The summed E-state index contributed by atoms with van der Waals surface area (Å²) in [4.78, 5) is 0. The molecule has 0 bridgehead atoms. The van der Waals surface area contributed by atoms with Crippen LogP contribution >= 0.6 is 0 Å². The molecular weight excluding hydrogens is 238 g/mol. The molecule has 2 N–H and O–H groups in total. The van der Waals surface area contributed by atoms with Gasteiger partial charge < -0.3 is 5.11 Å². The summed E-state index contributed by atoms with van der Waals surface area (Å²) in [5, 5.41) is 9.37. The number of hydrogen-bond donors (Lipinski definition) is 2. The van der Waals surface area contributed by atoms with Gasteiger partial charge in [0.05, 0.1) is 11.4 Å². The smallest absolute Gasteiger partial charge is 0.214 e. The Morgan fingerprint density at radius 1 is 1.06 bits per heavy atom. The van der Waals surface area contributed by atoms with Gasteiger partial charge in [0.2, 0.25) is 10.0 Å². The first-order valence-corrected chi connectivity index (χ1v) is 8.29. The highest BCUT2D eigenvalue weighted by Gasteiger charge is 2.29. The van der Waals surface area contributed by atoms with Gasteiger partial charge in [-0.25, -0.2) is 13.1 Å². The molecule has 0 aromatic heterocycles. The number of hydrogen-bond acceptors (Lipinski definition) is 3. The van der Waals surface area contributed by atoms with Crippen LogP contribution in [0, 0.1) is 5.92 Å². The molecule has 2 saturated carbocycles. The predicted octanol–water partition coefficient (Wildman–Crippen LogP) is 1.40. The minimum atomic E-state index is -3.11. The van der Waals surface area contributed by atoms with Crippen molar-refractivity contribution in [3.8, 4) is 0 Å². The standard InChI is InChI=1S/C12H23NO3S/c14-11-5-3-4-10(8-11)9-13-17(15,16)12-6-1-2-7-12/h10-14H,1-9H2. The minimum Gasteiger partial charge on any atom is -0.393 e. The molecule has 0 aromatic rings. The van der Waals surface area contributed by atoms with Gasteiger partial charge >= 0.3 is 0 Å². The molecule has 0 radical (unpaired) electrons. The summed E-state index contributed by atoms with van der Waals surface area (Å²) in [5.41, 5.74) is 0. The molecule has 0 aromatic carbocycles. The van der Waals surface area contributed by atoms with E-state index in [4.69, 9.17) is 0 Å². The number of nitrogens with one attached hydrogen (secondary N) is 1. The molecule has 2 fully saturated rings. The van der Waals surface area contributed by atoms with Crippen LogP contribution in [0.1, 0.15) is 51.4 Å². The first-order chi connectivity index (χ1) is 8.08. The molecule has 5 heteroatoms. The molecule has 0 spiro atoms. The van der Waals surface area contributed by atoms with Crippen molar-refractivity contribution in [2.24, 2.45) is 5.92 Å². The fourth-order valence-electron chi connectivity index (χ4n) is 3.00. The SMILES string of the molecule is O=S(=O)(NCC1CCCC(O)C1)C1CCCC1. The van der Waals surface area contributed by atoms with Crippen molar-refractivity contribution in [3.05, 3.63) is 0 Å². The molecule has 100 valence electrons. The monoisotopic (exact) mass is 261 g/mol. The molecule has 2 aliphatic carbocycles. The lowest BCUT2D eigenvalue weighted by atomic mass is 9.87. The maximum atomic E-state index is 12.0. The Labute approximate surface area is 104 Å². The normalized spacial score (nSPS) is 31.8. The van der Waals surface area contributed by atoms with E-state index in [-0.39, 0.29) is 11.4 Å². The Balaban J connectivity index is 1.80. The van der Waals surface area contributed by atoms with Crippen molar-refractivity contribution >= 4 is 10.0 Å². The van der Waals surface area contributed by atoms with Crippen LogP contribution in [-0.4, -0.2) is 31.4 Å². The van der Waals surface area contributed by atoms with Crippen LogP contribution in [0.4, 0.5) is 0 Å². The maximum Gasteiger partial charge on any atom is 0.214 e. The van der Waals surface area contributed by atoms with Crippen LogP contribution in [0.3, 0.4) is 0 Å². The second-order valence-electron chi connectivity index (χ2n) is 5.49. The third kappa shape index (κ3) is 3.66. The lowest BCUT2D eigenvalue weighted by molar-refractivity contribution is 0.102.